The van der Waals surface area contributed by atoms with Crippen LogP contribution in [-0.2, 0) is 7.05 Å². The summed E-state index contributed by atoms with van der Waals surface area (Å²) in [4.78, 5) is 4.26. The third kappa shape index (κ3) is 1.37. The molecule has 3 heteroatoms. The van der Waals surface area contributed by atoms with Gasteiger partial charge in [0.05, 0.1) is 11.9 Å². The van der Waals surface area contributed by atoms with Gasteiger partial charge in [0, 0.05) is 13.1 Å². The quantitative estimate of drug-likeness (QED) is 0.745. The molecule has 0 aromatic carbocycles. The molecule has 1 aliphatic rings. The highest BCUT2D eigenvalue weighted by atomic mass is 15.1. The average molecular weight is 179 g/mol. The van der Waals surface area contributed by atoms with Gasteiger partial charge in [-0.25, -0.2) is 4.98 Å². The first-order valence-electron chi connectivity index (χ1n) is 4.85. The van der Waals surface area contributed by atoms with Crippen molar-refractivity contribution in [1.29, 1.82) is 0 Å². The molecular weight excluding hydrogens is 162 g/mol. The summed E-state index contributed by atoms with van der Waals surface area (Å²) in [5.41, 5.74) is 7.32. The number of hydrogen-bond acceptors (Lipinski definition) is 2. The fourth-order valence-electron chi connectivity index (χ4n) is 1.90. The summed E-state index contributed by atoms with van der Waals surface area (Å²) >= 11 is 0. The van der Waals surface area contributed by atoms with E-state index in [-0.39, 0.29) is 6.04 Å². The first-order valence-corrected chi connectivity index (χ1v) is 4.85. The zero-order valence-corrected chi connectivity index (χ0v) is 8.49. The van der Waals surface area contributed by atoms with Gasteiger partial charge < -0.3 is 10.3 Å². The molecule has 13 heavy (non-hydrogen) atoms. The SMILES string of the molecule is Cc1ncc(C(N)C2CC2C)n1C. The molecule has 1 heterocycles. The van der Waals surface area contributed by atoms with Gasteiger partial charge in [0.25, 0.3) is 0 Å². The van der Waals surface area contributed by atoms with E-state index in [9.17, 15) is 0 Å². The van der Waals surface area contributed by atoms with Crippen molar-refractivity contribution in [2.24, 2.45) is 24.6 Å². The predicted octanol–water partition coefficient (Wildman–Crippen LogP) is 1.38. The van der Waals surface area contributed by atoms with E-state index in [0.717, 1.165) is 11.7 Å². The first kappa shape index (κ1) is 8.75. The number of nitrogens with two attached hydrogens (primary N) is 1. The lowest BCUT2D eigenvalue weighted by atomic mass is 10.1. The lowest BCUT2D eigenvalue weighted by Gasteiger charge is -2.11. The van der Waals surface area contributed by atoms with Crippen LogP contribution in [0.15, 0.2) is 6.20 Å². The third-order valence-electron chi connectivity index (χ3n) is 3.23. The van der Waals surface area contributed by atoms with Crippen LogP contribution in [0.3, 0.4) is 0 Å². The van der Waals surface area contributed by atoms with E-state index in [1.165, 1.54) is 12.1 Å². The van der Waals surface area contributed by atoms with Crippen molar-refractivity contribution in [3.63, 3.8) is 0 Å². The highest BCUT2D eigenvalue weighted by Crippen LogP contribution is 2.45. The Morgan fingerprint density at radius 2 is 2.31 bits per heavy atom. The number of aromatic nitrogens is 2. The lowest BCUT2D eigenvalue weighted by Crippen LogP contribution is -2.17. The van der Waals surface area contributed by atoms with Crippen LogP contribution in [0.1, 0.15) is 30.9 Å². The summed E-state index contributed by atoms with van der Waals surface area (Å²) in [6.45, 7) is 4.26. The minimum atomic E-state index is 0.182. The van der Waals surface area contributed by atoms with E-state index in [1.807, 2.05) is 20.2 Å². The van der Waals surface area contributed by atoms with E-state index in [0.29, 0.717) is 5.92 Å². The molecule has 0 bridgehead atoms. The van der Waals surface area contributed by atoms with Crippen LogP contribution in [0, 0.1) is 18.8 Å². The normalized spacial score (nSPS) is 28.9. The molecule has 0 aliphatic heterocycles. The summed E-state index contributed by atoms with van der Waals surface area (Å²) in [7, 11) is 2.03. The van der Waals surface area contributed by atoms with E-state index in [4.69, 9.17) is 5.73 Å². The Morgan fingerprint density at radius 1 is 1.69 bits per heavy atom. The lowest BCUT2D eigenvalue weighted by molar-refractivity contribution is 0.556. The Balaban J connectivity index is 2.20. The van der Waals surface area contributed by atoms with Crippen LogP contribution in [0.2, 0.25) is 0 Å². The van der Waals surface area contributed by atoms with Crippen molar-refractivity contribution in [2.45, 2.75) is 26.3 Å². The molecule has 1 aliphatic carbocycles. The molecule has 1 aromatic rings. The Morgan fingerprint density at radius 3 is 2.69 bits per heavy atom. The van der Waals surface area contributed by atoms with Gasteiger partial charge in [0.2, 0.25) is 0 Å². The molecule has 0 amide bonds. The van der Waals surface area contributed by atoms with Crippen LogP contribution in [0.5, 0.6) is 0 Å². The molecule has 0 saturated heterocycles. The Kier molecular flexibility index (Phi) is 1.91. The number of rotatable bonds is 2. The van der Waals surface area contributed by atoms with Crippen molar-refractivity contribution >= 4 is 0 Å². The highest BCUT2D eigenvalue weighted by molar-refractivity contribution is 5.12. The molecule has 2 rings (SSSR count). The second kappa shape index (κ2) is 2.84. The van der Waals surface area contributed by atoms with E-state index in [1.54, 1.807) is 0 Å². The summed E-state index contributed by atoms with van der Waals surface area (Å²) in [5, 5.41) is 0. The zero-order valence-electron chi connectivity index (χ0n) is 8.49. The minimum absolute atomic E-state index is 0.182. The molecular formula is C10H17N3. The van der Waals surface area contributed by atoms with Gasteiger partial charge in [-0.05, 0) is 25.2 Å². The number of nitrogens with zero attached hydrogens (tertiary/aromatic N) is 2. The average Bonchev–Trinajstić information content (AvgIpc) is 2.73. The zero-order chi connectivity index (χ0) is 9.59. The molecule has 0 radical (unpaired) electrons. The van der Waals surface area contributed by atoms with Gasteiger partial charge in [-0.1, -0.05) is 6.92 Å². The maximum Gasteiger partial charge on any atom is 0.105 e. The molecule has 1 fully saturated rings. The molecule has 3 atom stereocenters. The number of imidazole rings is 1. The summed E-state index contributed by atoms with van der Waals surface area (Å²) in [6.07, 6.45) is 3.18. The van der Waals surface area contributed by atoms with Crippen molar-refractivity contribution < 1.29 is 0 Å². The van der Waals surface area contributed by atoms with Crippen molar-refractivity contribution in [3.05, 3.63) is 17.7 Å². The molecule has 3 unspecified atom stereocenters. The number of hydrogen-bond donors (Lipinski definition) is 1. The fraction of sp³-hybridized carbons (Fsp3) is 0.700. The fourth-order valence-corrected chi connectivity index (χ4v) is 1.90. The maximum absolute atomic E-state index is 6.14. The predicted molar refractivity (Wildman–Crippen MR) is 52.1 cm³/mol. The Labute approximate surface area is 79.0 Å². The van der Waals surface area contributed by atoms with Gasteiger partial charge in [0.1, 0.15) is 5.82 Å². The minimum Gasteiger partial charge on any atom is -0.334 e. The largest absolute Gasteiger partial charge is 0.334 e. The monoisotopic (exact) mass is 179 g/mol. The molecule has 1 saturated carbocycles. The van der Waals surface area contributed by atoms with Gasteiger partial charge >= 0.3 is 0 Å². The van der Waals surface area contributed by atoms with Crippen LogP contribution < -0.4 is 5.73 Å². The molecule has 72 valence electrons. The van der Waals surface area contributed by atoms with Crippen molar-refractivity contribution in [1.82, 2.24) is 9.55 Å². The molecule has 2 N–H and O–H groups in total. The summed E-state index contributed by atoms with van der Waals surface area (Å²) in [6, 6.07) is 0.182. The van der Waals surface area contributed by atoms with E-state index < -0.39 is 0 Å². The molecule has 3 nitrogen and oxygen atoms in total. The summed E-state index contributed by atoms with van der Waals surface area (Å²) in [5.74, 6) is 2.51. The Bertz CT molecular complexity index is 316. The van der Waals surface area contributed by atoms with Crippen LogP contribution in [-0.4, -0.2) is 9.55 Å². The van der Waals surface area contributed by atoms with Crippen LogP contribution >= 0.6 is 0 Å². The van der Waals surface area contributed by atoms with Gasteiger partial charge in [0.15, 0.2) is 0 Å². The molecule has 0 spiro atoms. The van der Waals surface area contributed by atoms with Crippen LogP contribution in [0.25, 0.3) is 0 Å². The molecule has 1 aromatic heterocycles. The van der Waals surface area contributed by atoms with E-state index in [2.05, 4.69) is 16.5 Å². The topological polar surface area (TPSA) is 43.8 Å². The first-order chi connectivity index (χ1) is 6.11. The highest BCUT2D eigenvalue weighted by Gasteiger charge is 2.39. The number of aryl methyl sites for hydroxylation is 1. The standard InChI is InChI=1S/C10H17N3/c1-6-4-8(6)10(11)9-5-12-7(2)13(9)3/h5-6,8,10H,4,11H2,1-3H3. The van der Waals surface area contributed by atoms with Crippen molar-refractivity contribution in [3.8, 4) is 0 Å². The van der Waals surface area contributed by atoms with Crippen LogP contribution in [0.4, 0.5) is 0 Å². The second-order valence-corrected chi connectivity index (χ2v) is 4.19. The van der Waals surface area contributed by atoms with Gasteiger partial charge in [-0.2, -0.15) is 0 Å². The van der Waals surface area contributed by atoms with Gasteiger partial charge in [-0.15, -0.1) is 0 Å². The van der Waals surface area contributed by atoms with E-state index >= 15 is 0 Å². The summed E-state index contributed by atoms with van der Waals surface area (Å²) < 4.78 is 2.09. The maximum atomic E-state index is 6.14. The third-order valence-corrected chi connectivity index (χ3v) is 3.23. The smallest absolute Gasteiger partial charge is 0.105 e. The second-order valence-electron chi connectivity index (χ2n) is 4.19. The van der Waals surface area contributed by atoms with Gasteiger partial charge in [-0.3, -0.25) is 0 Å². The Hall–Kier alpha value is -0.830. The van der Waals surface area contributed by atoms with Crippen molar-refractivity contribution in [2.75, 3.05) is 0 Å².